The van der Waals surface area contributed by atoms with Crippen molar-refractivity contribution in [2.24, 2.45) is 0 Å². The molecule has 0 amide bonds. The van der Waals surface area contributed by atoms with Crippen LogP contribution in [0.2, 0.25) is 5.15 Å². The third-order valence-electron chi connectivity index (χ3n) is 2.51. The third-order valence-corrected chi connectivity index (χ3v) is 2.83. The number of hydrogen-bond acceptors (Lipinski definition) is 3. The summed E-state index contributed by atoms with van der Waals surface area (Å²) in [6, 6.07) is 1.95. The van der Waals surface area contributed by atoms with Crippen LogP contribution in [0.4, 0.5) is 0 Å². The van der Waals surface area contributed by atoms with Crippen molar-refractivity contribution in [1.82, 2.24) is 19.7 Å². The first kappa shape index (κ1) is 11.1. The number of aryl methyl sites for hydroxylation is 1. The van der Waals surface area contributed by atoms with Gasteiger partial charge in [0.2, 0.25) is 0 Å². The molecule has 0 unspecified atom stereocenters. The molecule has 2 rings (SSSR count). The Morgan fingerprint density at radius 3 is 2.81 bits per heavy atom. The first-order valence-corrected chi connectivity index (χ1v) is 5.67. The van der Waals surface area contributed by atoms with Gasteiger partial charge in [0.15, 0.2) is 0 Å². The van der Waals surface area contributed by atoms with Crippen LogP contribution in [0.5, 0.6) is 0 Å². The van der Waals surface area contributed by atoms with Crippen LogP contribution < -0.4 is 0 Å². The van der Waals surface area contributed by atoms with Crippen molar-refractivity contribution in [1.29, 1.82) is 0 Å². The highest BCUT2D eigenvalue weighted by Crippen LogP contribution is 2.25. The standard InChI is InChI=1S/C11H13ClN4/c1-3-8-10(13-7-14-11(8)12)9-5-6-15-16(9)4-2/h5-7H,3-4H2,1-2H3. The molecule has 0 fully saturated rings. The topological polar surface area (TPSA) is 43.6 Å². The number of rotatable bonds is 3. The molecule has 16 heavy (non-hydrogen) atoms. The van der Waals surface area contributed by atoms with E-state index in [1.807, 2.05) is 24.6 Å². The van der Waals surface area contributed by atoms with Gasteiger partial charge in [-0.3, -0.25) is 4.68 Å². The van der Waals surface area contributed by atoms with Crippen molar-refractivity contribution in [3.8, 4) is 11.4 Å². The highest BCUT2D eigenvalue weighted by molar-refractivity contribution is 6.30. The lowest BCUT2D eigenvalue weighted by atomic mass is 10.1. The summed E-state index contributed by atoms with van der Waals surface area (Å²) >= 11 is 6.06. The second kappa shape index (κ2) is 4.61. The van der Waals surface area contributed by atoms with E-state index in [4.69, 9.17) is 11.6 Å². The Morgan fingerprint density at radius 1 is 1.31 bits per heavy atom. The zero-order valence-corrected chi connectivity index (χ0v) is 10.1. The van der Waals surface area contributed by atoms with E-state index in [0.29, 0.717) is 5.15 Å². The van der Waals surface area contributed by atoms with Crippen LogP contribution in [-0.4, -0.2) is 19.7 Å². The monoisotopic (exact) mass is 236 g/mol. The van der Waals surface area contributed by atoms with Gasteiger partial charge in [-0.25, -0.2) is 9.97 Å². The van der Waals surface area contributed by atoms with Gasteiger partial charge in [0.1, 0.15) is 11.5 Å². The molecule has 2 heterocycles. The van der Waals surface area contributed by atoms with Crippen LogP contribution in [0.3, 0.4) is 0 Å². The van der Waals surface area contributed by atoms with Gasteiger partial charge in [-0.2, -0.15) is 5.10 Å². The van der Waals surface area contributed by atoms with Crippen molar-refractivity contribution < 1.29 is 0 Å². The SMILES string of the molecule is CCc1c(Cl)ncnc1-c1ccnn1CC. The minimum Gasteiger partial charge on any atom is -0.264 e. The summed E-state index contributed by atoms with van der Waals surface area (Å²) in [5.74, 6) is 0. The molecular weight excluding hydrogens is 224 g/mol. The van der Waals surface area contributed by atoms with E-state index >= 15 is 0 Å². The lowest BCUT2D eigenvalue weighted by Gasteiger charge is -2.09. The van der Waals surface area contributed by atoms with Crippen molar-refractivity contribution in [2.45, 2.75) is 26.8 Å². The number of aromatic nitrogens is 4. The van der Waals surface area contributed by atoms with Crippen molar-refractivity contribution in [2.75, 3.05) is 0 Å². The second-order valence-electron chi connectivity index (χ2n) is 3.38. The van der Waals surface area contributed by atoms with E-state index in [9.17, 15) is 0 Å². The largest absolute Gasteiger partial charge is 0.264 e. The number of halogens is 1. The van der Waals surface area contributed by atoms with Gasteiger partial charge in [-0.15, -0.1) is 0 Å². The fourth-order valence-corrected chi connectivity index (χ4v) is 1.98. The predicted octanol–water partition coefficient (Wildman–Crippen LogP) is 2.58. The molecule has 84 valence electrons. The minimum absolute atomic E-state index is 0.524. The molecular formula is C11H13ClN4. The zero-order chi connectivity index (χ0) is 11.5. The summed E-state index contributed by atoms with van der Waals surface area (Å²) in [6.07, 6.45) is 4.07. The quantitative estimate of drug-likeness (QED) is 0.770. The van der Waals surface area contributed by atoms with Crippen LogP contribution >= 0.6 is 11.6 Å². The molecule has 2 aromatic rings. The molecule has 0 bridgehead atoms. The normalized spacial score (nSPS) is 10.7. The van der Waals surface area contributed by atoms with E-state index in [0.717, 1.165) is 29.9 Å². The lowest BCUT2D eigenvalue weighted by Crippen LogP contribution is -2.03. The average Bonchev–Trinajstić information content (AvgIpc) is 2.76. The first-order valence-electron chi connectivity index (χ1n) is 5.29. The Morgan fingerprint density at radius 2 is 2.12 bits per heavy atom. The van der Waals surface area contributed by atoms with Crippen molar-refractivity contribution in [3.05, 3.63) is 29.3 Å². The van der Waals surface area contributed by atoms with E-state index in [-0.39, 0.29) is 0 Å². The molecule has 0 saturated carbocycles. The van der Waals surface area contributed by atoms with Gasteiger partial charge in [0.25, 0.3) is 0 Å². The second-order valence-corrected chi connectivity index (χ2v) is 3.74. The maximum atomic E-state index is 6.06. The van der Waals surface area contributed by atoms with E-state index < -0.39 is 0 Å². The maximum absolute atomic E-state index is 6.06. The van der Waals surface area contributed by atoms with Crippen LogP contribution in [0.25, 0.3) is 11.4 Å². The molecule has 0 spiro atoms. The summed E-state index contributed by atoms with van der Waals surface area (Å²) < 4.78 is 1.90. The van der Waals surface area contributed by atoms with Crippen LogP contribution in [0, 0.1) is 0 Å². The average molecular weight is 237 g/mol. The molecule has 0 N–H and O–H groups in total. The maximum Gasteiger partial charge on any atom is 0.136 e. The Kier molecular flexibility index (Phi) is 3.19. The predicted molar refractivity (Wildman–Crippen MR) is 63.3 cm³/mol. The van der Waals surface area contributed by atoms with Gasteiger partial charge in [0.05, 0.1) is 11.4 Å². The van der Waals surface area contributed by atoms with E-state index in [1.165, 1.54) is 6.33 Å². The Labute approximate surface area is 99.3 Å². The molecule has 0 saturated heterocycles. The summed E-state index contributed by atoms with van der Waals surface area (Å²) in [4.78, 5) is 8.31. The van der Waals surface area contributed by atoms with Crippen LogP contribution in [0.1, 0.15) is 19.4 Å². The highest BCUT2D eigenvalue weighted by atomic mass is 35.5. The fourth-order valence-electron chi connectivity index (χ4n) is 1.71. The highest BCUT2D eigenvalue weighted by Gasteiger charge is 2.13. The number of hydrogen-bond donors (Lipinski definition) is 0. The molecule has 2 aromatic heterocycles. The van der Waals surface area contributed by atoms with Crippen molar-refractivity contribution >= 4 is 11.6 Å². The zero-order valence-electron chi connectivity index (χ0n) is 9.31. The van der Waals surface area contributed by atoms with E-state index in [1.54, 1.807) is 6.20 Å². The summed E-state index contributed by atoms with van der Waals surface area (Å²) in [7, 11) is 0. The van der Waals surface area contributed by atoms with Crippen LogP contribution in [0.15, 0.2) is 18.6 Å². The first-order chi connectivity index (χ1) is 7.77. The molecule has 0 radical (unpaired) electrons. The summed E-state index contributed by atoms with van der Waals surface area (Å²) in [5.41, 5.74) is 2.84. The molecule has 4 nitrogen and oxygen atoms in total. The Bertz CT molecular complexity index is 492. The van der Waals surface area contributed by atoms with Gasteiger partial charge < -0.3 is 0 Å². The Balaban J connectivity index is 2.60. The summed E-state index contributed by atoms with van der Waals surface area (Å²) in [6.45, 7) is 4.90. The number of nitrogens with zero attached hydrogens (tertiary/aromatic N) is 4. The molecule has 0 atom stereocenters. The van der Waals surface area contributed by atoms with Gasteiger partial charge in [-0.1, -0.05) is 18.5 Å². The van der Waals surface area contributed by atoms with Crippen LogP contribution in [-0.2, 0) is 13.0 Å². The Hall–Kier alpha value is -1.42. The lowest BCUT2D eigenvalue weighted by molar-refractivity contribution is 0.664. The third kappa shape index (κ3) is 1.80. The van der Waals surface area contributed by atoms with Crippen molar-refractivity contribution in [3.63, 3.8) is 0 Å². The van der Waals surface area contributed by atoms with Gasteiger partial charge in [0, 0.05) is 18.3 Å². The molecule has 0 aliphatic rings. The summed E-state index contributed by atoms with van der Waals surface area (Å²) in [5, 5.41) is 4.75. The van der Waals surface area contributed by atoms with Gasteiger partial charge in [-0.05, 0) is 19.4 Å². The fraction of sp³-hybridized carbons (Fsp3) is 0.364. The van der Waals surface area contributed by atoms with E-state index in [2.05, 4.69) is 15.1 Å². The molecule has 0 aliphatic heterocycles. The minimum atomic E-state index is 0.524. The molecule has 0 aliphatic carbocycles. The molecule has 5 heteroatoms. The smallest absolute Gasteiger partial charge is 0.136 e. The molecule has 0 aromatic carbocycles. The van der Waals surface area contributed by atoms with Gasteiger partial charge >= 0.3 is 0 Å².